The van der Waals surface area contributed by atoms with Crippen molar-refractivity contribution in [1.29, 1.82) is 0 Å². The monoisotopic (exact) mass is 374 g/mol. The summed E-state index contributed by atoms with van der Waals surface area (Å²) in [7, 11) is 0. The van der Waals surface area contributed by atoms with Crippen molar-refractivity contribution in [3.8, 4) is 0 Å². The van der Waals surface area contributed by atoms with Crippen LogP contribution in [0.1, 0.15) is 0 Å². The molecule has 2 rings (SSSR count). The van der Waals surface area contributed by atoms with Crippen LogP contribution in [0.15, 0.2) is 42.5 Å². The molecule has 0 aromatic heterocycles. The number of para-hydroxylation sites is 1. The number of hydrogen-bond donors (Lipinski definition) is 2. The molecule has 6 heteroatoms. The van der Waals surface area contributed by atoms with E-state index in [0.717, 1.165) is 9.64 Å². The molecule has 0 saturated heterocycles. The van der Waals surface area contributed by atoms with Crippen molar-refractivity contribution >= 4 is 40.0 Å². The minimum absolute atomic E-state index is 0.0789. The Kier molecular flexibility index (Phi) is 4.31. The van der Waals surface area contributed by atoms with Gasteiger partial charge in [-0.25, -0.2) is 13.6 Å². The van der Waals surface area contributed by atoms with Crippen molar-refractivity contribution in [2.45, 2.75) is 0 Å². The number of amides is 2. The predicted molar refractivity (Wildman–Crippen MR) is 78.2 cm³/mol. The highest BCUT2D eigenvalue weighted by atomic mass is 127. The van der Waals surface area contributed by atoms with E-state index < -0.39 is 17.7 Å². The molecule has 0 heterocycles. The zero-order valence-corrected chi connectivity index (χ0v) is 11.7. The number of carbonyl (C=O) groups excluding carboxylic acids is 1. The van der Waals surface area contributed by atoms with E-state index >= 15 is 0 Å². The van der Waals surface area contributed by atoms with Gasteiger partial charge in [-0.1, -0.05) is 12.1 Å². The van der Waals surface area contributed by atoms with Crippen molar-refractivity contribution < 1.29 is 13.6 Å². The molecule has 0 aliphatic carbocycles. The van der Waals surface area contributed by atoms with Gasteiger partial charge in [0.25, 0.3) is 0 Å². The molecule has 0 bridgehead atoms. The minimum Gasteiger partial charge on any atom is -0.307 e. The lowest BCUT2D eigenvalue weighted by Crippen LogP contribution is -2.20. The van der Waals surface area contributed by atoms with E-state index in [0.29, 0.717) is 11.8 Å². The Morgan fingerprint density at radius 2 is 1.68 bits per heavy atom. The van der Waals surface area contributed by atoms with Crippen LogP contribution >= 0.6 is 22.6 Å². The highest BCUT2D eigenvalue weighted by molar-refractivity contribution is 14.1. The van der Waals surface area contributed by atoms with Crippen LogP contribution in [0.4, 0.5) is 25.0 Å². The van der Waals surface area contributed by atoms with Gasteiger partial charge in [-0.3, -0.25) is 0 Å². The lowest BCUT2D eigenvalue weighted by Gasteiger charge is -2.09. The van der Waals surface area contributed by atoms with Crippen LogP contribution in [0.25, 0.3) is 0 Å². The Labute approximate surface area is 122 Å². The van der Waals surface area contributed by atoms with Crippen LogP contribution in [-0.4, -0.2) is 6.03 Å². The van der Waals surface area contributed by atoms with E-state index in [1.807, 2.05) is 12.1 Å². The van der Waals surface area contributed by atoms with Crippen LogP contribution < -0.4 is 10.6 Å². The van der Waals surface area contributed by atoms with E-state index in [4.69, 9.17) is 0 Å². The Bertz CT molecular complexity index is 619. The largest absolute Gasteiger partial charge is 0.323 e. The van der Waals surface area contributed by atoms with E-state index in [1.165, 1.54) is 6.07 Å². The summed E-state index contributed by atoms with van der Waals surface area (Å²) in [6.45, 7) is 0. The number of rotatable bonds is 2. The van der Waals surface area contributed by atoms with Gasteiger partial charge in [0.05, 0.1) is 11.4 Å². The van der Waals surface area contributed by atoms with Crippen molar-refractivity contribution in [3.05, 3.63) is 57.7 Å². The molecule has 3 nitrogen and oxygen atoms in total. The smallest absolute Gasteiger partial charge is 0.307 e. The van der Waals surface area contributed by atoms with Crippen LogP contribution in [0, 0.1) is 15.2 Å². The Morgan fingerprint density at radius 3 is 2.37 bits per heavy atom. The first kappa shape index (κ1) is 13.7. The second kappa shape index (κ2) is 5.96. The summed E-state index contributed by atoms with van der Waals surface area (Å²) in [5.74, 6) is -1.51. The summed E-state index contributed by atoms with van der Waals surface area (Å²) in [4.78, 5) is 11.7. The second-order valence-corrected chi connectivity index (χ2v) is 4.85. The number of nitrogens with one attached hydrogen (secondary N) is 2. The van der Waals surface area contributed by atoms with Gasteiger partial charge in [0, 0.05) is 9.64 Å². The van der Waals surface area contributed by atoms with Gasteiger partial charge in [-0.05, 0) is 46.9 Å². The summed E-state index contributed by atoms with van der Waals surface area (Å²) in [5.41, 5.74) is 0.535. The second-order valence-electron chi connectivity index (χ2n) is 3.68. The third kappa shape index (κ3) is 3.63. The molecule has 0 fully saturated rings. The fraction of sp³-hybridized carbons (Fsp3) is 0. The van der Waals surface area contributed by atoms with Gasteiger partial charge >= 0.3 is 6.03 Å². The number of halogens is 3. The SMILES string of the molecule is O=C(Nc1ccc(F)cc1F)Nc1ccccc1I. The molecule has 98 valence electrons. The molecule has 2 aromatic carbocycles. The third-order valence-corrected chi connectivity index (χ3v) is 3.24. The topological polar surface area (TPSA) is 41.1 Å². The number of anilines is 2. The number of hydrogen-bond acceptors (Lipinski definition) is 1. The zero-order chi connectivity index (χ0) is 13.8. The van der Waals surface area contributed by atoms with Crippen molar-refractivity contribution in [2.75, 3.05) is 10.6 Å². The maximum atomic E-state index is 13.3. The zero-order valence-electron chi connectivity index (χ0n) is 9.58. The maximum Gasteiger partial charge on any atom is 0.323 e. The average molecular weight is 374 g/mol. The summed E-state index contributed by atoms with van der Waals surface area (Å²) in [6.07, 6.45) is 0. The Hall–Kier alpha value is -1.70. The van der Waals surface area contributed by atoms with Gasteiger partial charge in [0.2, 0.25) is 0 Å². The van der Waals surface area contributed by atoms with E-state index in [2.05, 4.69) is 33.2 Å². The van der Waals surface area contributed by atoms with Gasteiger partial charge in [-0.2, -0.15) is 0 Å². The van der Waals surface area contributed by atoms with Gasteiger partial charge in [0.15, 0.2) is 0 Å². The van der Waals surface area contributed by atoms with Crippen LogP contribution in [-0.2, 0) is 0 Å². The molecule has 0 saturated carbocycles. The molecule has 19 heavy (non-hydrogen) atoms. The molecule has 2 amide bonds. The van der Waals surface area contributed by atoms with Crippen molar-refractivity contribution in [2.24, 2.45) is 0 Å². The fourth-order valence-electron chi connectivity index (χ4n) is 1.43. The van der Waals surface area contributed by atoms with Gasteiger partial charge in [0.1, 0.15) is 11.6 Å². The van der Waals surface area contributed by atoms with Crippen molar-refractivity contribution in [1.82, 2.24) is 0 Å². The molecule has 2 aromatic rings. The molecule has 0 aliphatic heterocycles. The number of benzene rings is 2. The minimum atomic E-state index is -0.821. The van der Waals surface area contributed by atoms with E-state index in [-0.39, 0.29) is 5.69 Å². The first-order valence-electron chi connectivity index (χ1n) is 5.34. The molecule has 2 N–H and O–H groups in total. The van der Waals surface area contributed by atoms with Crippen LogP contribution in [0.2, 0.25) is 0 Å². The van der Waals surface area contributed by atoms with Crippen LogP contribution in [0.5, 0.6) is 0 Å². The molecule has 0 radical (unpaired) electrons. The lowest BCUT2D eigenvalue weighted by atomic mass is 10.3. The van der Waals surface area contributed by atoms with Gasteiger partial charge in [-0.15, -0.1) is 0 Å². The quantitative estimate of drug-likeness (QED) is 0.760. The molecule has 0 atom stereocenters. The number of carbonyl (C=O) groups is 1. The summed E-state index contributed by atoms with van der Waals surface area (Å²) in [6, 6.07) is 9.53. The Morgan fingerprint density at radius 1 is 1.00 bits per heavy atom. The first-order valence-corrected chi connectivity index (χ1v) is 6.42. The van der Waals surface area contributed by atoms with Gasteiger partial charge < -0.3 is 10.6 Å². The Balaban J connectivity index is 2.08. The highest BCUT2D eigenvalue weighted by Gasteiger charge is 2.09. The fourth-order valence-corrected chi connectivity index (χ4v) is 1.95. The van der Waals surface area contributed by atoms with E-state index in [9.17, 15) is 13.6 Å². The predicted octanol–water partition coefficient (Wildman–Crippen LogP) is 4.21. The summed E-state index contributed by atoms with van der Waals surface area (Å²) >= 11 is 2.07. The summed E-state index contributed by atoms with van der Waals surface area (Å²) < 4.78 is 26.9. The third-order valence-electron chi connectivity index (χ3n) is 2.30. The molecule has 0 aliphatic rings. The maximum absolute atomic E-state index is 13.3. The van der Waals surface area contributed by atoms with Crippen LogP contribution in [0.3, 0.4) is 0 Å². The molecular formula is C13H9F2IN2O. The van der Waals surface area contributed by atoms with Crippen molar-refractivity contribution in [3.63, 3.8) is 0 Å². The summed E-state index contributed by atoms with van der Waals surface area (Å²) in [5, 5.41) is 4.90. The molecule has 0 spiro atoms. The normalized spacial score (nSPS) is 10.1. The highest BCUT2D eigenvalue weighted by Crippen LogP contribution is 2.18. The molecular weight excluding hydrogens is 365 g/mol. The molecule has 0 unspecified atom stereocenters. The van der Waals surface area contributed by atoms with E-state index in [1.54, 1.807) is 12.1 Å². The average Bonchev–Trinajstić information content (AvgIpc) is 2.36. The number of urea groups is 1. The standard InChI is InChI=1S/C13H9F2IN2O/c14-8-5-6-11(9(15)7-8)17-13(19)18-12-4-2-1-3-10(12)16/h1-7H,(H2,17,18,19). The first-order chi connectivity index (χ1) is 9.06. The lowest BCUT2D eigenvalue weighted by molar-refractivity contribution is 0.262.